The number of hydrogen-bond donors (Lipinski definition) is 1. The maximum Gasteiger partial charge on any atom is 0.251 e. The lowest BCUT2D eigenvalue weighted by atomic mass is 9.91. The van der Waals surface area contributed by atoms with E-state index < -0.39 is 11.6 Å². The molecular formula is C20H17FN2O2. The average Bonchev–Trinajstić information content (AvgIpc) is 2.96. The first-order chi connectivity index (χ1) is 12.1. The van der Waals surface area contributed by atoms with Gasteiger partial charge in [-0.05, 0) is 30.5 Å². The van der Waals surface area contributed by atoms with Crippen LogP contribution in [0, 0.1) is 5.82 Å². The van der Waals surface area contributed by atoms with Gasteiger partial charge in [-0.2, -0.15) is 0 Å². The number of nitrogens with zero attached hydrogens (tertiary/aromatic N) is 1. The number of hydrogen-bond acceptors (Lipinski definition) is 4. The molecule has 0 radical (unpaired) electrons. The molecule has 1 aliphatic heterocycles. The number of fused-ring (bicyclic) bond motifs is 2. The van der Waals surface area contributed by atoms with Crippen LogP contribution in [0.5, 0.6) is 0 Å². The summed E-state index contributed by atoms with van der Waals surface area (Å²) in [5.74, 6) is -1.20. The number of rotatable bonds is 3. The van der Waals surface area contributed by atoms with Gasteiger partial charge in [0.15, 0.2) is 0 Å². The van der Waals surface area contributed by atoms with Crippen molar-refractivity contribution in [2.75, 3.05) is 7.05 Å². The number of benzene rings is 2. The van der Waals surface area contributed by atoms with E-state index in [1.165, 1.54) is 12.1 Å². The lowest BCUT2D eigenvalue weighted by Crippen LogP contribution is -2.36. The standard InChI is InChI=1S/C20H17FN2O2/c1-23-16(11-8-12-6-9-13(21)10-7-12)22-17-18(23)14-4-2-3-5-15(14)19(24)20(17)25/h2-7,9-10,16,22H,8,11H2,1H3. The summed E-state index contributed by atoms with van der Waals surface area (Å²) in [6, 6.07) is 13.6. The fraction of sp³-hybridized carbons (Fsp3) is 0.200. The van der Waals surface area contributed by atoms with Crippen molar-refractivity contribution in [1.29, 1.82) is 0 Å². The molecule has 1 atom stereocenters. The molecule has 0 fully saturated rings. The summed E-state index contributed by atoms with van der Waals surface area (Å²) in [7, 11) is 1.92. The molecule has 0 bridgehead atoms. The number of allylic oxidation sites excluding steroid dienone is 1. The number of carbonyl (C=O) groups excluding carboxylic acids is 2. The monoisotopic (exact) mass is 336 g/mol. The lowest BCUT2D eigenvalue weighted by Gasteiger charge is -2.25. The van der Waals surface area contributed by atoms with Gasteiger partial charge in [-0.15, -0.1) is 0 Å². The second-order valence-corrected chi connectivity index (χ2v) is 6.36. The van der Waals surface area contributed by atoms with Crippen molar-refractivity contribution in [3.8, 4) is 0 Å². The number of ketones is 2. The first-order valence-corrected chi connectivity index (χ1v) is 8.23. The minimum atomic E-state index is -0.482. The van der Waals surface area contributed by atoms with Crippen LogP contribution < -0.4 is 5.32 Å². The van der Waals surface area contributed by atoms with Crippen molar-refractivity contribution in [2.45, 2.75) is 19.0 Å². The van der Waals surface area contributed by atoms with Gasteiger partial charge < -0.3 is 10.2 Å². The Morgan fingerprint density at radius 1 is 1.00 bits per heavy atom. The highest BCUT2D eigenvalue weighted by atomic mass is 19.1. The fourth-order valence-corrected chi connectivity index (χ4v) is 3.51. The maximum absolute atomic E-state index is 13.0. The van der Waals surface area contributed by atoms with E-state index in [0.717, 1.165) is 29.7 Å². The van der Waals surface area contributed by atoms with E-state index in [1.54, 1.807) is 24.3 Å². The highest BCUT2D eigenvalue weighted by molar-refractivity contribution is 6.52. The molecule has 1 N–H and O–H groups in total. The number of nitrogens with one attached hydrogen (secondary N) is 1. The van der Waals surface area contributed by atoms with Crippen molar-refractivity contribution in [2.24, 2.45) is 0 Å². The zero-order valence-corrected chi connectivity index (χ0v) is 13.8. The zero-order chi connectivity index (χ0) is 17.6. The summed E-state index contributed by atoms with van der Waals surface area (Å²) in [6.45, 7) is 0. The minimum Gasteiger partial charge on any atom is -0.360 e. The summed E-state index contributed by atoms with van der Waals surface area (Å²) >= 11 is 0. The van der Waals surface area contributed by atoms with Gasteiger partial charge >= 0.3 is 0 Å². The van der Waals surface area contributed by atoms with Crippen molar-refractivity contribution in [3.63, 3.8) is 0 Å². The van der Waals surface area contributed by atoms with Crippen molar-refractivity contribution in [3.05, 3.63) is 76.7 Å². The Balaban J connectivity index is 1.58. The van der Waals surface area contributed by atoms with E-state index >= 15 is 0 Å². The molecule has 2 aromatic rings. The van der Waals surface area contributed by atoms with Gasteiger partial charge in [-0.3, -0.25) is 9.59 Å². The van der Waals surface area contributed by atoms with Gasteiger partial charge in [0.1, 0.15) is 11.5 Å². The van der Waals surface area contributed by atoms with Gasteiger partial charge in [0.2, 0.25) is 5.78 Å². The Labute approximate surface area is 145 Å². The van der Waals surface area contributed by atoms with E-state index in [-0.39, 0.29) is 12.0 Å². The average molecular weight is 336 g/mol. The second-order valence-electron chi connectivity index (χ2n) is 6.36. The smallest absolute Gasteiger partial charge is 0.251 e. The molecule has 25 heavy (non-hydrogen) atoms. The molecule has 1 heterocycles. The summed E-state index contributed by atoms with van der Waals surface area (Å²) in [5, 5.41) is 3.21. The third kappa shape index (κ3) is 2.52. The number of Topliss-reactive ketones (excluding diaryl/α,β-unsaturated/α-hetero) is 2. The molecule has 0 saturated carbocycles. The van der Waals surface area contributed by atoms with Gasteiger partial charge in [-0.1, -0.05) is 36.4 Å². The molecule has 1 aliphatic carbocycles. The SMILES string of the molecule is CN1C2=C(NC1CCc1ccc(F)cc1)C(=O)C(=O)c1ccccc12. The van der Waals surface area contributed by atoms with Gasteiger partial charge in [0.05, 0.1) is 11.9 Å². The number of carbonyl (C=O) groups is 2. The molecule has 0 spiro atoms. The Bertz CT molecular complexity index is 902. The highest BCUT2D eigenvalue weighted by Gasteiger charge is 2.40. The van der Waals surface area contributed by atoms with Crippen LogP contribution in [0.25, 0.3) is 5.70 Å². The molecule has 0 amide bonds. The van der Waals surface area contributed by atoms with Crippen LogP contribution in [-0.4, -0.2) is 29.7 Å². The summed E-state index contributed by atoms with van der Waals surface area (Å²) < 4.78 is 13.0. The second kappa shape index (κ2) is 5.84. The largest absolute Gasteiger partial charge is 0.360 e. The van der Waals surface area contributed by atoms with Crippen LogP contribution in [0.4, 0.5) is 4.39 Å². The van der Waals surface area contributed by atoms with Crippen LogP contribution in [0.3, 0.4) is 0 Å². The van der Waals surface area contributed by atoms with Crippen molar-refractivity contribution >= 4 is 17.3 Å². The third-order valence-electron chi connectivity index (χ3n) is 4.85. The first-order valence-electron chi connectivity index (χ1n) is 8.23. The molecular weight excluding hydrogens is 319 g/mol. The predicted molar refractivity (Wildman–Crippen MR) is 92.1 cm³/mol. The van der Waals surface area contributed by atoms with E-state index in [4.69, 9.17) is 0 Å². The topological polar surface area (TPSA) is 49.4 Å². The van der Waals surface area contributed by atoms with Crippen molar-refractivity contribution < 1.29 is 14.0 Å². The summed E-state index contributed by atoms with van der Waals surface area (Å²) in [5.41, 5.74) is 3.45. The van der Waals surface area contributed by atoms with Gasteiger partial charge in [0, 0.05) is 18.2 Å². The first kappa shape index (κ1) is 15.6. The molecule has 4 nitrogen and oxygen atoms in total. The third-order valence-corrected chi connectivity index (χ3v) is 4.85. The molecule has 1 unspecified atom stereocenters. The molecule has 2 aliphatic rings. The predicted octanol–water partition coefficient (Wildman–Crippen LogP) is 2.75. The van der Waals surface area contributed by atoms with Crippen LogP contribution >= 0.6 is 0 Å². The van der Waals surface area contributed by atoms with Gasteiger partial charge in [-0.25, -0.2) is 4.39 Å². The summed E-state index contributed by atoms with van der Waals surface area (Å²) in [4.78, 5) is 26.8. The van der Waals surface area contributed by atoms with E-state index in [1.807, 2.05) is 24.1 Å². The van der Waals surface area contributed by atoms with E-state index in [0.29, 0.717) is 11.3 Å². The molecule has 4 rings (SSSR count). The highest BCUT2D eigenvalue weighted by Crippen LogP contribution is 2.36. The van der Waals surface area contributed by atoms with Crippen LogP contribution in [-0.2, 0) is 11.2 Å². The van der Waals surface area contributed by atoms with E-state index in [9.17, 15) is 14.0 Å². The maximum atomic E-state index is 13.0. The Hall–Kier alpha value is -2.95. The zero-order valence-electron chi connectivity index (χ0n) is 13.8. The molecule has 126 valence electrons. The van der Waals surface area contributed by atoms with E-state index in [2.05, 4.69) is 5.32 Å². The van der Waals surface area contributed by atoms with Crippen LogP contribution in [0.1, 0.15) is 27.9 Å². The lowest BCUT2D eigenvalue weighted by molar-refractivity contribution is -0.112. The van der Waals surface area contributed by atoms with Crippen molar-refractivity contribution in [1.82, 2.24) is 10.2 Å². The van der Waals surface area contributed by atoms with Crippen LogP contribution in [0.2, 0.25) is 0 Å². The molecule has 0 aromatic heterocycles. The summed E-state index contributed by atoms with van der Waals surface area (Å²) in [6.07, 6.45) is 1.39. The van der Waals surface area contributed by atoms with Crippen LogP contribution in [0.15, 0.2) is 54.2 Å². The molecule has 0 saturated heterocycles. The fourth-order valence-electron chi connectivity index (χ4n) is 3.51. The molecule has 5 heteroatoms. The van der Waals surface area contributed by atoms with Gasteiger partial charge in [0.25, 0.3) is 5.78 Å². The Morgan fingerprint density at radius 2 is 1.68 bits per heavy atom. The minimum absolute atomic E-state index is 0.0852. The number of halogens is 1. The number of aryl methyl sites for hydroxylation is 1. The Kier molecular flexibility index (Phi) is 3.64. The molecule has 2 aromatic carbocycles. The Morgan fingerprint density at radius 3 is 2.40 bits per heavy atom. The normalized spacial score (nSPS) is 19.0. The quantitative estimate of drug-likeness (QED) is 0.876.